The van der Waals surface area contributed by atoms with Gasteiger partial charge in [0, 0.05) is 32.0 Å². The van der Waals surface area contributed by atoms with Crippen molar-refractivity contribution in [3.8, 4) is 0 Å². The lowest BCUT2D eigenvalue weighted by Crippen LogP contribution is -2.53. The first-order chi connectivity index (χ1) is 38.5. The Balaban J connectivity index is 0.000000172. The summed E-state index contributed by atoms with van der Waals surface area (Å²) in [7, 11) is 5.46. The third-order valence-electron chi connectivity index (χ3n) is 22.9. The fourth-order valence-electron chi connectivity index (χ4n) is 18.5. The fraction of sp³-hybridized carbons (Fsp3) is 0.739. The van der Waals surface area contributed by atoms with Crippen LogP contribution in [0.1, 0.15) is 238 Å². The molecule has 0 N–H and O–H groups in total. The third kappa shape index (κ3) is 17.8. The van der Waals surface area contributed by atoms with Crippen LogP contribution in [0.15, 0.2) is 87.5 Å². The summed E-state index contributed by atoms with van der Waals surface area (Å²) in [5.74, 6) is 10.5. The number of aryl methyl sites for hydroxylation is 2. The maximum absolute atomic E-state index is 11.8. The van der Waals surface area contributed by atoms with Gasteiger partial charge in [0.1, 0.15) is 0 Å². The molecule has 3 aromatic carbocycles. The van der Waals surface area contributed by atoms with Crippen LogP contribution in [0.3, 0.4) is 0 Å². The second-order valence-electron chi connectivity index (χ2n) is 28.3. The van der Waals surface area contributed by atoms with Crippen molar-refractivity contribution < 1.29 is 25.3 Å². The summed E-state index contributed by atoms with van der Waals surface area (Å²) >= 11 is 0. The zero-order valence-corrected chi connectivity index (χ0v) is 55.0. The molecule has 0 spiro atoms. The molecule has 7 aliphatic carbocycles. The Hall–Kier alpha value is -1.62. The molecule has 6 nitrogen and oxygen atoms in total. The molecular formula is C69H103Cl3O6S3. The first-order valence-corrected chi connectivity index (χ1v) is 39.5. The van der Waals surface area contributed by atoms with Gasteiger partial charge in [-0.1, -0.05) is 187 Å². The third-order valence-corrected chi connectivity index (χ3v) is 27.0. The lowest BCUT2D eigenvalue weighted by atomic mass is 9.44. The molecule has 0 bridgehead atoms. The van der Waals surface area contributed by atoms with Crippen LogP contribution in [-0.2, 0) is 46.4 Å². The van der Waals surface area contributed by atoms with Gasteiger partial charge in [0.25, 0.3) is 27.2 Å². The number of fused-ring (bicyclic) bond motifs is 5. The minimum Gasteiger partial charge on any atom is -0.207 e. The van der Waals surface area contributed by atoms with Gasteiger partial charge in [0.15, 0.2) is 0 Å². The Labute approximate surface area is 506 Å². The van der Waals surface area contributed by atoms with Crippen molar-refractivity contribution in [2.24, 2.45) is 81.8 Å². The molecule has 7 fully saturated rings. The van der Waals surface area contributed by atoms with Gasteiger partial charge in [0.2, 0.25) is 0 Å². The molecule has 81 heavy (non-hydrogen) atoms. The van der Waals surface area contributed by atoms with Crippen LogP contribution in [0, 0.1) is 81.8 Å². The largest absolute Gasteiger partial charge is 0.261 e. The van der Waals surface area contributed by atoms with Gasteiger partial charge in [-0.2, -0.15) is 0 Å². The van der Waals surface area contributed by atoms with Crippen molar-refractivity contribution in [1.82, 2.24) is 0 Å². The molecule has 0 aliphatic heterocycles. The highest BCUT2D eigenvalue weighted by Gasteiger charge is 2.60. The zero-order valence-electron chi connectivity index (χ0n) is 50.3. The van der Waals surface area contributed by atoms with Gasteiger partial charge in [-0.15, -0.1) is 0 Å². The molecule has 454 valence electrons. The van der Waals surface area contributed by atoms with Gasteiger partial charge in [0.05, 0.1) is 14.7 Å². The lowest BCUT2D eigenvalue weighted by Gasteiger charge is -2.61. The highest BCUT2D eigenvalue weighted by atomic mass is 35.7. The van der Waals surface area contributed by atoms with E-state index in [9.17, 15) is 25.3 Å². The second-order valence-corrected chi connectivity index (χ2v) is 36.0. The Bertz CT molecular complexity index is 2750. The number of benzene rings is 3. The van der Waals surface area contributed by atoms with Crippen LogP contribution in [0.4, 0.5) is 0 Å². The van der Waals surface area contributed by atoms with Crippen molar-refractivity contribution >= 4 is 59.2 Å². The van der Waals surface area contributed by atoms with Crippen molar-refractivity contribution in [3.63, 3.8) is 0 Å². The van der Waals surface area contributed by atoms with E-state index in [0.717, 1.165) is 89.9 Å². The first-order valence-electron chi connectivity index (χ1n) is 32.6. The molecule has 10 rings (SSSR count). The molecular weight excluding hydrogens is 1130 g/mol. The van der Waals surface area contributed by atoms with Crippen molar-refractivity contribution in [2.45, 2.75) is 255 Å². The van der Waals surface area contributed by atoms with Crippen LogP contribution >= 0.6 is 32.0 Å². The topological polar surface area (TPSA) is 102 Å². The van der Waals surface area contributed by atoms with Crippen LogP contribution < -0.4 is 0 Å². The van der Waals surface area contributed by atoms with Gasteiger partial charge in [-0.25, -0.2) is 25.3 Å². The van der Waals surface area contributed by atoms with Crippen molar-refractivity contribution in [2.75, 3.05) is 0 Å². The number of hydrogen-bond acceptors (Lipinski definition) is 6. The maximum atomic E-state index is 11.8. The standard InChI is InChI=1S/C34H53ClO2S.C21H31ClO2S.C14H19ClO2S/c1-23(2)8-6-9-24(3)30-14-15-31-29-13-12-27-21-26(20-25-10-7-11-28(22-25)38(35,36)37)16-18-33(27,4)32(29)17-19-34(30,31)5;22-25(23,24)20-14-11-17(12-15-20)13-16-21(18-7-3-1-4-8-18)19-9-5-2-6-10-19;15-18(16,17)14-10-8-13(9-11-14)7-6-12-4-2-1-3-5-12/h7,10-11,22-24,26-27,29-32H,6,8-9,12-21H2,1-5H3;11-12,14-15,18-19,21H,1-10,13,16H2;8-12H,1-7H2/t24?,26?,27?,29?,30?,31?,32?,33-,34+;;/m0../s1. The molecule has 7 aliphatic rings. The molecule has 0 saturated heterocycles. The average molecular weight is 1230 g/mol. The van der Waals surface area contributed by atoms with E-state index < -0.39 is 27.2 Å². The van der Waals surface area contributed by atoms with Gasteiger partial charge in [-0.05, 0) is 225 Å². The van der Waals surface area contributed by atoms with Crippen LogP contribution in [0.5, 0.6) is 0 Å². The van der Waals surface area contributed by atoms with Crippen molar-refractivity contribution in [1.29, 1.82) is 0 Å². The van der Waals surface area contributed by atoms with E-state index in [0.29, 0.717) is 16.7 Å². The quantitative estimate of drug-likeness (QED) is 0.118. The monoisotopic (exact) mass is 1230 g/mol. The molecule has 0 radical (unpaired) electrons. The van der Waals surface area contributed by atoms with E-state index in [1.165, 1.54) is 197 Å². The van der Waals surface area contributed by atoms with Crippen LogP contribution in [0.25, 0.3) is 0 Å². The second kappa shape index (κ2) is 29.4. The number of halogens is 3. The Morgan fingerprint density at radius 1 is 0.494 bits per heavy atom. The van der Waals surface area contributed by atoms with E-state index in [-0.39, 0.29) is 14.7 Å². The number of hydrogen-bond donors (Lipinski definition) is 0. The Morgan fingerprint density at radius 2 is 1.02 bits per heavy atom. The maximum Gasteiger partial charge on any atom is 0.261 e. The van der Waals surface area contributed by atoms with E-state index in [1.807, 2.05) is 30.3 Å². The van der Waals surface area contributed by atoms with Gasteiger partial charge >= 0.3 is 0 Å². The summed E-state index contributed by atoms with van der Waals surface area (Å²) < 4.78 is 68.7. The van der Waals surface area contributed by atoms with E-state index in [1.54, 1.807) is 36.4 Å². The minimum absolute atomic E-state index is 0.186. The Kier molecular flexibility index (Phi) is 23.7. The van der Waals surface area contributed by atoms with E-state index in [2.05, 4.69) is 40.7 Å². The molecule has 0 aromatic heterocycles. The SMILES string of the molecule is CC(C)CCCC(C)C1CCC2C3CCC4CC(Cc5cccc(S(=O)(=O)Cl)c5)CC[C@]4(C)C3CC[C@]12C.O=S(=O)(Cl)c1ccc(CCC(C2CCCCC2)C2CCCCC2)cc1.O=S(=O)(Cl)c1ccc(CCC2CCCCC2)cc1. The molecule has 0 heterocycles. The van der Waals surface area contributed by atoms with Crippen LogP contribution in [0.2, 0.25) is 0 Å². The lowest BCUT2D eigenvalue weighted by molar-refractivity contribution is -0.121. The summed E-state index contributed by atoms with van der Waals surface area (Å²) in [4.78, 5) is 0.631. The average Bonchev–Trinajstić information content (AvgIpc) is 2.88. The van der Waals surface area contributed by atoms with Gasteiger partial charge in [-0.3, -0.25) is 0 Å². The first kappa shape index (κ1) is 65.4. The summed E-state index contributed by atoms with van der Waals surface area (Å²) in [6.45, 7) is 12.7. The number of rotatable bonds is 18. The molecule has 7 saturated carbocycles. The molecule has 0 amide bonds. The molecule has 9 atom stereocenters. The van der Waals surface area contributed by atoms with E-state index >= 15 is 0 Å². The van der Waals surface area contributed by atoms with E-state index in [4.69, 9.17) is 32.0 Å². The van der Waals surface area contributed by atoms with Crippen LogP contribution in [-0.4, -0.2) is 25.3 Å². The van der Waals surface area contributed by atoms with Crippen molar-refractivity contribution in [3.05, 3.63) is 89.5 Å². The summed E-state index contributed by atoms with van der Waals surface area (Å²) in [5.41, 5.74) is 4.64. The minimum atomic E-state index is -3.67. The predicted molar refractivity (Wildman–Crippen MR) is 339 cm³/mol. The Morgan fingerprint density at radius 3 is 1.58 bits per heavy atom. The molecule has 12 heteroatoms. The fourth-order valence-corrected chi connectivity index (χ4v) is 20.9. The highest BCUT2D eigenvalue weighted by molar-refractivity contribution is 8.14. The smallest absolute Gasteiger partial charge is 0.207 e. The summed E-state index contributed by atoms with van der Waals surface area (Å²) in [6.07, 6.45) is 43.5. The predicted octanol–water partition coefficient (Wildman–Crippen LogP) is 20.3. The molecule has 3 aromatic rings. The zero-order chi connectivity index (χ0) is 58.0. The highest BCUT2D eigenvalue weighted by Crippen LogP contribution is 2.69. The summed E-state index contributed by atoms with van der Waals surface area (Å²) in [5, 5.41) is 0. The molecule has 7 unspecified atom stereocenters. The normalized spacial score (nSPS) is 29.1. The summed E-state index contributed by atoms with van der Waals surface area (Å²) in [6, 6.07) is 21.5. The van der Waals surface area contributed by atoms with Gasteiger partial charge < -0.3 is 0 Å².